The quantitative estimate of drug-likeness (QED) is 0.732. The van der Waals surface area contributed by atoms with Crippen molar-refractivity contribution >= 4 is 0 Å². The van der Waals surface area contributed by atoms with Gasteiger partial charge in [-0.1, -0.05) is 19.3 Å². The van der Waals surface area contributed by atoms with Crippen LogP contribution < -0.4 is 5.32 Å². The summed E-state index contributed by atoms with van der Waals surface area (Å²) in [5, 5.41) is 3.70. The molecule has 90 valence electrons. The van der Waals surface area contributed by atoms with Crippen LogP contribution in [0.2, 0.25) is 0 Å². The van der Waals surface area contributed by atoms with Gasteiger partial charge in [-0.15, -0.1) is 0 Å². The number of ether oxygens (including phenoxy) is 1. The van der Waals surface area contributed by atoms with E-state index in [0.717, 1.165) is 18.9 Å². The van der Waals surface area contributed by atoms with Gasteiger partial charge in [0.25, 0.3) is 0 Å². The number of methoxy groups -OCH3 is 1. The molecule has 1 fully saturated rings. The van der Waals surface area contributed by atoms with Crippen LogP contribution in [0.1, 0.15) is 52.4 Å². The van der Waals surface area contributed by atoms with Gasteiger partial charge in [-0.05, 0) is 39.0 Å². The Morgan fingerprint density at radius 1 is 1.20 bits per heavy atom. The normalized spacial score (nSPS) is 22.6. The van der Waals surface area contributed by atoms with Crippen molar-refractivity contribution in [2.24, 2.45) is 5.92 Å². The minimum absolute atomic E-state index is 0.585. The predicted molar refractivity (Wildman–Crippen MR) is 65.1 cm³/mol. The zero-order valence-corrected chi connectivity index (χ0v) is 10.6. The van der Waals surface area contributed by atoms with E-state index in [2.05, 4.69) is 19.2 Å². The topological polar surface area (TPSA) is 21.3 Å². The fourth-order valence-electron chi connectivity index (χ4n) is 2.60. The molecule has 0 bridgehead atoms. The Hall–Kier alpha value is -0.0800. The molecule has 2 unspecified atom stereocenters. The van der Waals surface area contributed by atoms with Crippen molar-refractivity contribution in [1.29, 1.82) is 0 Å². The highest BCUT2D eigenvalue weighted by atomic mass is 16.5. The van der Waals surface area contributed by atoms with Gasteiger partial charge in [0.15, 0.2) is 0 Å². The molecule has 0 aromatic carbocycles. The predicted octanol–water partition coefficient (Wildman–Crippen LogP) is 2.97. The zero-order chi connectivity index (χ0) is 11.1. The smallest absolute Gasteiger partial charge is 0.0476 e. The maximum absolute atomic E-state index is 5.10. The number of hydrogen-bond acceptors (Lipinski definition) is 2. The molecule has 2 heteroatoms. The maximum Gasteiger partial charge on any atom is 0.0476 e. The lowest BCUT2D eigenvalue weighted by Crippen LogP contribution is -2.40. The maximum atomic E-state index is 5.10. The summed E-state index contributed by atoms with van der Waals surface area (Å²) in [5.41, 5.74) is 0. The van der Waals surface area contributed by atoms with Crippen LogP contribution in [0, 0.1) is 5.92 Å². The Morgan fingerprint density at radius 3 is 2.47 bits per heavy atom. The molecule has 1 aliphatic carbocycles. The van der Waals surface area contributed by atoms with Crippen molar-refractivity contribution in [2.75, 3.05) is 13.7 Å². The van der Waals surface area contributed by atoms with Crippen molar-refractivity contribution in [1.82, 2.24) is 5.32 Å². The fourth-order valence-corrected chi connectivity index (χ4v) is 2.60. The monoisotopic (exact) mass is 213 g/mol. The molecule has 1 N–H and O–H groups in total. The summed E-state index contributed by atoms with van der Waals surface area (Å²) in [6.45, 7) is 5.48. The van der Waals surface area contributed by atoms with Gasteiger partial charge in [0, 0.05) is 25.8 Å². The van der Waals surface area contributed by atoms with Crippen LogP contribution in [0.4, 0.5) is 0 Å². The Labute approximate surface area is 94.8 Å². The Balaban J connectivity index is 2.17. The molecule has 0 saturated heterocycles. The van der Waals surface area contributed by atoms with E-state index in [4.69, 9.17) is 4.74 Å². The van der Waals surface area contributed by atoms with Gasteiger partial charge >= 0.3 is 0 Å². The SMILES string of the molecule is COCCC(C)NC(C)C1CCCCC1. The molecule has 15 heavy (non-hydrogen) atoms. The van der Waals surface area contributed by atoms with Gasteiger partial charge in [-0.2, -0.15) is 0 Å². The van der Waals surface area contributed by atoms with Gasteiger partial charge in [0.05, 0.1) is 0 Å². The first-order valence-corrected chi connectivity index (χ1v) is 6.49. The molecule has 2 atom stereocenters. The lowest BCUT2D eigenvalue weighted by atomic mass is 9.84. The molecule has 1 saturated carbocycles. The van der Waals surface area contributed by atoms with Crippen LogP contribution in [0.3, 0.4) is 0 Å². The molecule has 0 heterocycles. The van der Waals surface area contributed by atoms with Gasteiger partial charge in [-0.25, -0.2) is 0 Å². The van der Waals surface area contributed by atoms with E-state index in [1.165, 1.54) is 32.1 Å². The van der Waals surface area contributed by atoms with E-state index in [1.807, 2.05) is 0 Å². The summed E-state index contributed by atoms with van der Waals surface area (Å²) in [6.07, 6.45) is 8.28. The minimum atomic E-state index is 0.585. The van der Waals surface area contributed by atoms with Crippen LogP contribution in [0.5, 0.6) is 0 Å². The minimum Gasteiger partial charge on any atom is -0.385 e. The van der Waals surface area contributed by atoms with E-state index in [-0.39, 0.29) is 0 Å². The van der Waals surface area contributed by atoms with Gasteiger partial charge < -0.3 is 10.1 Å². The molecule has 0 spiro atoms. The molecule has 0 aromatic heterocycles. The highest BCUT2D eigenvalue weighted by molar-refractivity contribution is 4.78. The van der Waals surface area contributed by atoms with E-state index in [1.54, 1.807) is 7.11 Å². The molecular formula is C13H27NO. The number of nitrogens with one attached hydrogen (secondary N) is 1. The van der Waals surface area contributed by atoms with Crippen molar-refractivity contribution in [3.05, 3.63) is 0 Å². The van der Waals surface area contributed by atoms with Crippen molar-refractivity contribution in [3.8, 4) is 0 Å². The highest BCUT2D eigenvalue weighted by Gasteiger charge is 2.20. The molecule has 0 radical (unpaired) electrons. The number of rotatable bonds is 6. The van der Waals surface area contributed by atoms with Crippen molar-refractivity contribution in [3.63, 3.8) is 0 Å². The van der Waals surface area contributed by atoms with Crippen LogP contribution in [-0.4, -0.2) is 25.8 Å². The average Bonchev–Trinajstić information content (AvgIpc) is 2.27. The van der Waals surface area contributed by atoms with Gasteiger partial charge in [0.1, 0.15) is 0 Å². The second-order valence-corrected chi connectivity index (χ2v) is 5.04. The Bertz CT molecular complexity index is 155. The fraction of sp³-hybridized carbons (Fsp3) is 1.00. The Morgan fingerprint density at radius 2 is 1.87 bits per heavy atom. The first-order valence-electron chi connectivity index (χ1n) is 6.49. The number of hydrogen-bond donors (Lipinski definition) is 1. The lowest BCUT2D eigenvalue weighted by Gasteiger charge is -2.30. The molecule has 0 aliphatic heterocycles. The van der Waals surface area contributed by atoms with Crippen LogP contribution in [0.15, 0.2) is 0 Å². The van der Waals surface area contributed by atoms with Gasteiger partial charge in [0.2, 0.25) is 0 Å². The van der Waals surface area contributed by atoms with Crippen molar-refractivity contribution < 1.29 is 4.74 Å². The molecule has 2 nitrogen and oxygen atoms in total. The molecule has 0 aromatic rings. The summed E-state index contributed by atoms with van der Waals surface area (Å²) >= 11 is 0. The van der Waals surface area contributed by atoms with E-state index >= 15 is 0 Å². The third-order valence-electron chi connectivity index (χ3n) is 3.66. The Kier molecular flexibility index (Phi) is 6.26. The molecule has 1 aliphatic rings. The summed E-state index contributed by atoms with van der Waals surface area (Å²) < 4.78 is 5.10. The second-order valence-electron chi connectivity index (χ2n) is 5.04. The van der Waals surface area contributed by atoms with Gasteiger partial charge in [-0.3, -0.25) is 0 Å². The first kappa shape index (κ1) is 13.0. The van der Waals surface area contributed by atoms with E-state index in [9.17, 15) is 0 Å². The summed E-state index contributed by atoms with van der Waals surface area (Å²) in [6, 6.07) is 1.26. The first-order chi connectivity index (χ1) is 7.24. The van der Waals surface area contributed by atoms with Crippen LogP contribution in [0.25, 0.3) is 0 Å². The zero-order valence-electron chi connectivity index (χ0n) is 10.6. The van der Waals surface area contributed by atoms with Crippen LogP contribution in [-0.2, 0) is 4.74 Å². The van der Waals surface area contributed by atoms with Crippen LogP contribution >= 0.6 is 0 Å². The summed E-state index contributed by atoms with van der Waals surface area (Å²) in [7, 11) is 1.78. The molecule has 1 rings (SSSR count). The second kappa shape index (κ2) is 7.24. The summed E-state index contributed by atoms with van der Waals surface area (Å²) in [5.74, 6) is 0.906. The third-order valence-corrected chi connectivity index (χ3v) is 3.66. The van der Waals surface area contributed by atoms with Crippen molar-refractivity contribution in [2.45, 2.75) is 64.5 Å². The lowest BCUT2D eigenvalue weighted by molar-refractivity contribution is 0.177. The summed E-state index contributed by atoms with van der Waals surface area (Å²) in [4.78, 5) is 0. The third kappa shape index (κ3) is 4.98. The average molecular weight is 213 g/mol. The molecular weight excluding hydrogens is 186 g/mol. The standard InChI is InChI=1S/C13H27NO/c1-11(9-10-15-3)14-12(2)13-7-5-4-6-8-13/h11-14H,4-10H2,1-3H3. The highest BCUT2D eigenvalue weighted by Crippen LogP contribution is 2.26. The largest absolute Gasteiger partial charge is 0.385 e. The molecule has 0 amide bonds. The van der Waals surface area contributed by atoms with E-state index < -0.39 is 0 Å². The van der Waals surface area contributed by atoms with E-state index in [0.29, 0.717) is 12.1 Å².